The highest BCUT2D eigenvalue weighted by atomic mass is 32.2. The largest absolute Gasteiger partial charge is 0.374 e. The Hall–Kier alpha value is -0.910. The van der Waals surface area contributed by atoms with Gasteiger partial charge in [0.05, 0.1) is 6.26 Å². The predicted octanol–water partition coefficient (Wildman–Crippen LogP) is 1.27. The molecule has 0 spiro atoms. The van der Waals surface area contributed by atoms with Crippen molar-refractivity contribution in [1.29, 1.82) is 0 Å². The summed E-state index contributed by atoms with van der Waals surface area (Å²) in [6, 6.07) is 7.74. The van der Waals surface area contributed by atoms with E-state index in [9.17, 15) is 8.42 Å². The molecule has 4 nitrogen and oxygen atoms in total. The van der Waals surface area contributed by atoms with Crippen molar-refractivity contribution < 1.29 is 17.3 Å². The predicted molar refractivity (Wildman–Crippen MR) is 59.6 cm³/mol. The molecule has 16 heavy (non-hydrogen) atoms. The van der Waals surface area contributed by atoms with Gasteiger partial charge in [0.2, 0.25) is 0 Å². The highest BCUT2D eigenvalue weighted by molar-refractivity contribution is 7.86. The molecule has 1 aliphatic carbocycles. The number of fused-ring (bicyclic) bond motifs is 1. The molecule has 2 unspecified atom stereocenters. The minimum absolute atomic E-state index is 0.300. The fraction of sp³-hybridized carbons (Fsp3) is 0.455. The van der Waals surface area contributed by atoms with Crippen LogP contribution in [0.15, 0.2) is 24.3 Å². The number of methoxy groups -OCH3 is 1. The van der Waals surface area contributed by atoms with Gasteiger partial charge in [-0.3, -0.25) is 4.18 Å². The summed E-state index contributed by atoms with van der Waals surface area (Å²) in [4.78, 5) is 0. The Morgan fingerprint density at radius 1 is 1.31 bits per heavy atom. The standard InChI is InChI=1S/C11H14O4S/c1-14-11-9-6-4-3-5-8(9)7-10(11)15-16(2,12)13/h3-6,10-11H,7H2,1-2H3. The first-order chi connectivity index (χ1) is 7.51. The molecule has 88 valence electrons. The van der Waals surface area contributed by atoms with E-state index in [2.05, 4.69) is 0 Å². The van der Waals surface area contributed by atoms with Gasteiger partial charge >= 0.3 is 0 Å². The topological polar surface area (TPSA) is 52.6 Å². The van der Waals surface area contributed by atoms with Gasteiger partial charge in [0, 0.05) is 13.5 Å². The second-order valence-corrected chi connectivity index (χ2v) is 5.50. The van der Waals surface area contributed by atoms with Crippen LogP contribution in [0.3, 0.4) is 0 Å². The summed E-state index contributed by atoms with van der Waals surface area (Å²) in [5, 5.41) is 0. The maximum Gasteiger partial charge on any atom is 0.264 e. The lowest BCUT2D eigenvalue weighted by Crippen LogP contribution is -2.23. The molecule has 0 aliphatic heterocycles. The molecular weight excluding hydrogens is 228 g/mol. The molecule has 0 fully saturated rings. The van der Waals surface area contributed by atoms with E-state index < -0.39 is 16.2 Å². The molecule has 0 heterocycles. The molecular formula is C11H14O4S. The zero-order valence-electron chi connectivity index (χ0n) is 9.21. The third kappa shape index (κ3) is 2.26. The van der Waals surface area contributed by atoms with Gasteiger partial charge in [0.15, 0.2) is 0 Å². The first-order valence-corrected chi connectivity index (χ1v) is 6.82. The quantitative estimate of drug-likeness (QED) is 0.749. The molecule has 1 aromatic rings. The fourth-order valence-electron chi connectivity index (χ4n) is 2.11. The van der Waals surface area contributed by atoms with Gasteiger partial charge in [-0.2, -0.15) is 8.42 Å². The molecule has 0 radical (unpaired) electrons. The summed E-state index contributed by atoms with van der Waals surface area (Å²) in [6.07, 6.45) is 0.882. The van der Waals surface area contributed by atoms with Crippen LogP contribution in [0.4, 0.5) is 0 Å². The van der Waals surface area contributed by atoms with Gasteiger partial charge in [-0.1, -0.05) is 24.3 Å². The summed E-state index contributed by atoms with van der Waals surface area (Å²) >= 11 is 0. The summed E-state index contributed by atoms with van der Waals surface area (Å²) in [5.74, 6) is 0. The monoisotopic (exact) mass is 242 g/mol. The first-order valence-electron chi connectivity index (χ1n) is 5.00. The molecule has 0 aromatic heterocycles. The third-order valence-corrected chi connectivity index (χ3v) is 3.27. The Balaban J connectivity index is 2.28. The lowest BCUT2D eigenvalue weighted by molar-refractivity contribution is 0.0162. The van der Waals surface area contributed by atoms with Crippen LogP contribution in [0.25, 0.3) is 0 Å². The molecule has 0 bridgehead atoms. The van der Waals surface area contributed by atoms with Gasteiger partial charge in [-0.25, -0.2) is 0 Å². The zero-order valence-corrected chi connectivity index (χ0v) is 10.0. The van der Waals surface area contributed by atoms with Crippen LogP contribution >= 0.6 is 0 Å². The van der Waals surface area contributed by atoms with Crippen molar-refractivity contribution in [3.8, 4) is 0 Å². The normalized spacial score (nSPS) is 24.4. The highest BCUT2D eigenvalue weighted by Crippen LogP contribution is 2.35. The van der Waals surface area contributed by atoms with Crippen molar-refractivity contribution in [2.75, 3.05) is 13.4 Å². The van der Waals surface area contributed by atoms with Crippen molar-refractivity contribution in [3.05, 3.63) is 35.4 Å². The van der Waals surface area contributed by atoms with E-state index in [1.165, 1.54) is 0 Å². The molecule has 2 atom stereocenters. The number of benzene rings is 1. The lowest BCUT2D eigenvalue weighted by atomic mass is 10.1. The van der Waals surface area contributed by atoms with Gasteiger partial charge in [-0.15, -0.1) is 0 Å². The Kier molecular flexibility index (Phi) is 3.01. The van der Waals surface area contributed by atoms with Crippen LogP contribution in [0.5, 0.6) is 0 Å². The summed E-state index contributed by atoms with van der Waals surface area (Å²) in [5.41, 5.74) is 2.10. The Bertz CT molecular complexity index is 481. The van der Waals surface area contributed by atoms with Gasteiger partial charge in [0.1, 0.15) is 12.2 Å². The molecule has 0 amide bonds. The second-order valence-electron chi connectivity index (χ2n) is 3.90. The second kappa shape index (κ2) is 4.16. The van der Waals surface area contributed by atoms with Gasteiger partial charge < -0.3 is 4.74 Å². The Morgan fingerprint density at radius 2 is 2.00 bits per heavy atom. The van der Waals surface area contributed by atoms with Crippen LogP contribution in [0.1, 0.15) is 17.2 Å². The van der Waals surface area contributed by atoms with E-state index in [4.69, 9.17) is 8.92 Å². The van der Waals surface area contributed by atoms with E-state index in [0.29, 0.717) is 6.42 Å². The molecule has 2 rings (SSSR count). The lowest BCUT2D eigenvalue weighted by Gasteiger charge is -2.17. The molecule has 0 saturated carbocycles. The Labute approximate surface area is 95.3 Å². The van der Waals surface area contributed by atoms with Crippen molar-refractivity contribution in [1.82, 2.24) is 0 Å². The number of hydrogen-bond donors (Lipinski definition) is 0. The zero-order chi connectivity index (χ0) is 11.8. The summed E-state index contributed by atoms with van der Waals surface area (Å²) < 4.78 is 32.6. The SMILES string of the molecule is COC1c2ccccc2CC1OS(C)(=O)=O. The molecule has 0 saturated heterocycles. The smallest absolute Gasteiger partial charge is 0.264 e. The highest BCUT2D eigenvalue weighted by Gasteiger charge is 2.35. The van der Waals surface area contributed by atoms with Crippen molar-refractivity contribution >= 4 is 10.1 Å². The van der Waals surface area contributed by atoms with Crippen LogP contribution in [0.2, 0.25) is 0 Å². The average molecular weight is 242 g/mol. The van der Waals surface area contributed by atoms with Crippen molar-refractivity contribution in [3.63, 3.8) is 0 Å². The van der Waals surface area contributed by atoms with E-state index >= 15 is 0 Å². The van der Waals surface area contributed by atoms with Crippen LogP contribution < -0.4 is 0 Å². The molecule has 5 heteroatoms. The van der Waals surface area contributed by atoms with Gasteiger partial charge in [-0.05, 0) is 11.1 Å². The van der Waals surface area contributed by atoms with Crippen LogP contribution in [0, 0.1) is 0 Å². The van der Waals surface area contributed by atoms with Crippen LogP contribution in [-0.2, 0) is 25.5 Å². The molecule has 0 N–H and O–H groups in total. The number of rotatable bonds is 3. The van der Waals surface area contributed by atoms with Crippen LogP contribution in [-0.4, -0.2) is 27.9 Å². The maximum atomic E-state index is 11.1. The van der Waals surface area contributed by atoms with E-state index in [-0.39, 0.29) is 6.10 Å². The maximum absolute atomic E-state index is 11.1. The molecule has 1 aliphatic rings. The summed E-state index contributed by atoms with van der Waals surface area (Å²) in [6.45, 7) is 0. The minimum Gasteiger partial charge on any atom is -0.374 e. The summed E-state index contributed by atoms with van der Waals surface area (Å²) in [7, 11) is -1.89. The fourth-order valence-corrected chi connectivity index (χ4v) is 2.73. The number of ether oxygens (including phenoxy) is 1. The Morgan fingerprint density at radius 3 is 2.62 bits per heavy atom. The first kappa shape index (κ1) is 11.6. The van der Waals surface area contributed by atoms with E-state index in [1.54, 1.807) is 7.11 Å². The van der Waals surface area contributed by atoms with Crippen molar-refractivity contribution in [2.24, 2.45) is 0 Å². The van der Waals surface area contributed by atoms with E-state index in [0.717, 1.165) is 17.4 Å². The molecule has 1 aromatic carbocycles. The third-order valence-electron chi connectivity index (χ3n) is 2.67. The minimum atomic E-state index is -3.45. The average Bonchev–Trinajstić information content (AvgIpc) is 2.51. The van der Waals surface area contributed by atoms with Crippen molar-refractivity contribution in [2.45, 2.75) is 18.6 Å². The van der Waals surface area contributed by atoms with E-state index in [1.807, 2.05) is 24.3 Å². The number of hydrogen-bond acceptors (Lipinski definition) is 4. The van der Waals surface area contributed by atoms with Gasteiger partial charge in [0.25, 0.3) is 10.1 Å².